The third-order valence-corrected chi connectivity index (χ3v) is 2.39. The summed E-state index contributed by atoms with van der Waals surface area (Å²) >= 11 is 0. The number of nitriles is 1. The fourth-order valence-corrected chi connectivity index (χ4v) is 1.57. The minimum absolute atomic E-state index is 0.197. The van der Waals surface area contributed by atoms with Gasteiger partial charge in [-0.2, -0.15) is 5.26 Å². The molecule has 0 spiro atoms. The molecule has 0 radical (unpaired) electrons. The standard InChI is InChI=1S/C15H19N3O3/c1-10-9-11(17-13(19)7-8-16)5-6-12(10)18-14(20)21-15(2,3)4/h5-6,9H,7H2,1-4H3,(H,17,19)(H,18,20). The number of amides is 2. The van der Waals surface area contributed by atoms with Crippen molar-refractivity contribution < 1.29 is 14.3 Å². The first-order valence-corrected chi connectivity index (χ1v) is 6.49. The van der Waals surface area contributed by atoms with E-state index in [0.717, 1.165) is 5.56 Å². The van der Waals surface area contributed by atoms with Crippen molar-refractivity contribution in [2.45, 2.75) is 39.7 Å². The summed E-state index contributed by atoms with van der Waals surface area (Å²) < 4.78 is 5.17. The number of hydrogen-bond acceptors (Lipinski definition) is 4. The third-order valence-electron chi connectivity index (χ3n) is 2.39. The van der Waals surface area contributed by atoms with Gasteiger partial charge in [0.2, 0.25) is 5.91 Å². The molecule has 0 aromatic heterocycles. The molecule has 0 fully saturated rings. The van der Waals surface area contributed by atoms with E-state index in [1.807, 2.05) is 0 Å². The Morgan fingerprint density at radius 3 is 2.48 bits per heavy atom. The van der Waals surface area contributed by atoms with Crippen LogP contribution in [0, 0.1) is 18.3 Å². The van der Waals surface area contributed by atoms with Crippen LogP contribution in [0.4, 0.5) is 16.2 Å². The molecule has 0 atom stereocenters. The molecule has 2 amide bonds. The third kappa shape index (κ3) is 5.95. The zero-order valence-electron chi connectivity index (χ0n) is 12.6. The molecule has 0 aliphatic heterocycles. The van der Waals surface area contributed by atoms with Crippen LogP contribution < -0.4 is 10.6 Å². The maximum absolute atomic E-state index is 11.7. The van der Waals surface area contributed by atoms with Crippen LogP contribution in [0.15, 0.2) is 18.2 Å². The Balaban J connectivity index is 2.73. The second-order valence-electron chi connectivity index (χ2n) is 5.54. The van der Waals surface area contributed by atoms with Gasteiger partial charge in [0, 0.05) is 11.4 Å². The van der Waals surface area contributed by atoms with Gasteiger partial charge in [0.25, 0.3) is 0 Å². The van der Waals surface area contributed by atoms with Gasteiger partial charge in [-0.25, -0.2) is 4.79 Å². The SMILES string of the molecule is Cc1cc(NC(=O)CC#N)ccc1NC(=O)OC(C)(C)C. The number of carbonyl (C=O) groups is 2. The number of rotatable bonds is 3. The van der Waals surface area contributed by atoms with E-state index in [1.54, 1.807) is 52.0 Å². The van der Waals surface area contributed by atoms with Gasteiger partial charge in [0.1, 0.15) is 12.0 Å². The summed E-state index contributed by atoms with van der Waals surface area (Å²) in [5, 5.41) is 13.7. The molecule has 2 N–H and O–H groups in total. The Hall–Kier alpha value is -2.55. The summed E-state index contributed by atoms with van der Waals surface area (Å²) in [6.45, 7) is 7.15. The predicted molar refractivity (Wildman–Crippen MR) is 79.9 cm³/mol. The van der Waals surface area contributed by atoms with Crippen LogP contribution in [0.5, 0.6) is 0 Å². The van der Waals surface area contributed by atoms with Gasteiger partial charge >= 0.3 is 6.09 Å². The zero-order chi connectivity index (χ0) is 16.0. The van der Waals surface area contributed by atoms with E-state index in [1.165, 1.54) is 0 Å². The van der Waals surface area contributed by atoms with Crippen molar-refractivity contribution in [3.05, 3.63) is 23.8 Å². The Kier molecular flexibility index (Phi) is 5.30. The van der Waals surface area contributed by atoms with Crippen LogP contribution >= 0.6 is 0 Å². The summed E-state index contributed by atoms with van der Waals surface area (Å²) in [6.07, 6.45) is -0.733. The number of hydrogen-bond donors (Lipinski definition) is 2. The number of carbonyl (C=O) groups excluding carboxylic acids is 2. The summed E-state index contributed by atoms with van der Waals surface area (Å²) in [7, 11) is 0. The van der Waals surface area contributed by atoms with E-state index >= 15 is 0 Å². The number of nitrogens with zero attached hydrogens (tertiary/aromatic N) is 1. The molecule has 6 nitrogen and oxygen atoms in total. The Morgan fingerprint density at radius 2 is 1.95 bits per heavy atom. The van der Waals surface area contributed by atoms with Gasteiger partial charge < -0.3 is 10.1 Å². The second-order valence-corrected chi connectivity index (χ2v) is 5.54. The summed E-state index contributed by atoms with van der Waals surface area (Å²) in [5.74, 6) is -0.371. The van der Waals surface area contributed by atoms with Crippen LogP contribution in [0.3, 0.4) is 0 Å². The molecular formula is C15H19N3O3. The fraction of sp³-hybridized carbons (Fsp3) is 0.400. The van der Waals surface area contributed by atoms with Crippen LogP contribution in [-0.2, 0) is 9.53 Å². The topological polar surface area (TPSA) is 91.2 Å². The van der Waals surface area contributed by atoms with Gasteiger partial charge in [-0.3, -0.25) is 10.1 Å². The van der Waals surface area contributed by atoms with Crippen LogP contribution in [0.1, 0.15) is 32.8 Å². The lowest BCUT2D eigenvalue weighted by Gasteiger charge is -2.20. The Labute approximate surface area is 124 Å². The predicted octanol–water partition coefficient (Wildman–Crippen LogP) is 3.19. The van der Waals surface area contributed by atoms with Gasteiger partial charge in [0.15, 0.2) is 0 Å². The molecular weight excluding hydrogens is 270 g/mol. The first-order valence-electron chi connectivity index (χ1n) is 6.49. The van der Waals surface area contributed by atoms with Crippen LogP contribution in [0.25, 0.3) is 0 Å². The van der Waals surface area contributed by atoms with Crippen molar-refractivity contribution in [1.29, 1.82) is 5.26 Å². The van der Waals surface area contributed by atoms with Gasteiger partial charge in [-0.1, -0.05) is 0 Å². The highest BCUT2D eigenvalue weighted by Gasteiger charge is 2.16. The lowest BCUT2D eigenvalue weighted by molar-refractivity contribution is -0.115. The lowest BCUT2D eigenvalue weighted by atomic mass is 10.1. The van der Waals surface area contributed by atoms with Gasteiger partial charge in [0.05, 0.1) is 6.07 Å². The molecule has 1 aromatic carbocycles. The van der Waals surface area contributed by atoms with Gasteiger partial charge in [-0.05, 0) is 51.5 Å². The van der Waals surface area contributed by atoms with E-state index in [2.05, 4.69) is 10.6 Å². The van der Waals surface area contributed by atoms with Crippen molar-refractivity contribution in [3.63, 3.8) is 0 Å². The summed E-state index contributed by atoms with van der Waals surface area (Å²) in [6, 6.07) is 6.80. The maximum atomic E-state index is 11.7. The number of nitrogens with one attached hydrogen (secondary N) is 2. The monoisotopic (exact) mass is 289 g/mol. The molecule has 0 bridgehead atoms. The number of benzene rings is 1. The smallest absolute Gasteiger partial charge is 0.412 e. The molecule has 21 heavy (non-hydrogen) atoms. The maximum Gasteiger partial charge on any atom is 0.412 e. The first-order chi connectivity index (χ1) is 9.71. The molecule has 0 unspecified atom stereocenters. The quantitative estimate of drug-likeness (QED) is 0.893. The number of anilines is 2. The lowest BCUT2D eigenvalue weighted by Crippen LogP contribution is -2.27. The molecule has 112 valence electrons. The number of ether oxygens (including phenoxy) is 1. The minimum atomic E-state index is -0.566. The highest BCUT2D eigenvalue weighted by molar-refractivity contribution is 5.93. The molecule has 0 aliphatic carbocycles. The second kappa shape index (κ2) is 6.75. The largest absolute Gasteiger partial charge is 0.444 e. The van der Waals surface area contributed by atoms with E-state index < -0.39 is 11.7 Å². The normalized spacial score (nSPS) is 10.4. The molecule has 1 rings (SSSR count). The fourth-order valence-electron chi connectivity index (χ4n) is 1.57. The number of aryl methyl sites for hydroxylation is 1. The minimum Gasteiger partial charge on any atom is -0.444 e. The van der Waals surface area contributed by atoms with Crippen molar-refractivity contribution >= 4 is 23.4 Å². The van der Waals surface area contributed by atoms with Crippen molar-refractivity contribution in [3.8, 4) is 6.07 Å². The van der Waals surface area contributed by atoms with E-state index in [4.69, 9.17) is 10.00 Å². The average Bonchev–Trinajstić information content (AvgIpc) is 2.30. The first kappa shape index (κ1) is 16.5. The summed E-state index contributed by atoms with van der Waals surface area (Å²) in [4.78, 5) is 23.0. The molecule has 1 aromatic rings. The van der Waals surface area contributed by atoms with Gasteiger partial charge in [-0.15, -0.1) is 0 Å². The molecule has 0 saturated heterocycles. The molecule has 0 heterocycles. The zero-order valence-corrected chi connectivity index (χ0v) is 12.6. The highest BCUT2D eigenvalue weighted by atomic mass is 16.6. The van der Waals surface area contributed by atoms with E-state index in [9.17, 15) is 9.59 Å². The highest BCUT2D eigenvalue weighted by Crippen LogP contribution is 2.20. The van der Waals surface area contributed by atoms with Crippen molar-refractivity contribution in [2.24, 2.45) is 0 Å². The average molecular weight is 289 g/mol. The van der Waals surface area contributed by atoms with Crippen molar-refractivity contribution in [1.82, 2.24) is 0 Å². The van der Waals surface area contributed by atoms with Crippen LogP contribution in [0.2, 0.25) is 0 Å². The Morgan fingerprint density at radius 1 is 1.29 bits per heavy atom. The van der Waals surface area contributed by atoms with Crippen LogP contribution in [-0.4, -0.2) is 17.6 Å². The van der Waals surface area contributed by atoms with Crippen molar-refractivity contribution in [2.75, 3.05) is 10.6 Å². The summed E-state index contributed by atoms with van der Waals surface area (Å²) in [5.41, 5.74) is 1.38. The van der Waals surface area contributed by atoms with E-state index in [0.29, 0.717) is 11.4 Å². The van der Waals surface area contributed by atoms with E-state index in [-0.39, 0.29) is 12.3 Å². The molecule has 0 aliphatic rings. The molecule has 6 heteroatoms. The Bertz CT molecular complexity index is 583. The molecule has 0 saturated carbocycles.